The Bertz CT molecular complexity index is 792. The maximum absolute atomic E-state index is 13.0. The zero-order valence-electron chi connectivity index (χ0n) is 15.7. The van der Waals surface area contributed by atoms with Gasteiger partial charge in [-0.25, -0.2) is 0 Å². The molecule has 0 unspecified atom stereocenters. The van der Waals surface area contributed by atoms with E-state index < -0.39 is 0 Å². The summed E-state index contributed by atoms with van der Waals surface area (Å²) in [6, 6.07) is 16.7. The highest BCUT2D eigenvalue weighted by Crippen LogP contribution is 2.48. The number of nitrogens with one attached hydrogen (secondary N) is 1. The number of hydrogen-bond donors (Lipinski definition) is 1. The first kappa shape index (κ1) is 18.7. The van der Waals surface area contributed by atoms with Crippen LogP contribution in [0.1, 0.15) is 48.8 Å². The molecule has 0 spiro atoms. The number of carbonyl (C=O) groups is 1. The van der Waals surface area contributed by atoms with Gasteiger partial charge >= 0.3 is 0 Å². The van der Waals surface area contributed by atoms with Crippen LogP contribution in [0.15, 0.2) is 53.0 Å². The summed E-state index contributed by atoms with van der Waals surface area (Å²) in [7, 11) is 0. The fraction of sp³-hybridized carbons (Fsp3) is 0.435. The number of likely N-dealkylation sites (tertiary alicyclic amines) is 1. The van der Waals surface area contributed by atoms with E-state index in [-0.39, 0.29) is 11.3 Å². The van der Waals surface area contributed by atoms with Crippen LogP contribution in [0.3, 0.4) is 0 Å². The summed E-state index contributed by atoms with van der Waals surface area (Å²) < 4.78 is 1.05. The zero-order valence-corrected chi connectivity index (χ0v) is 17.3. The molecular formula is C23H27BrN2O. The third-order valence-electron chi connectivity index (χ3n) is 5.98. The zero-order chi connectivity index (χ0) is 18.7. The molecule has 3 nitrogen and oxygen atoms in total. The van der Waals surface area contributed by atoms with Crippen LogP contribution in [0.2, 0.25) is 0 Å². The van der Waals surface area contributed by atoms with Crippen LogP contribution < -0.4 is 5.32 Å². The van der Waals surface area contributed by atoms with Crippen molar-refractivity contribution in [2.24, 2.45) is 0 Å². The van der Waals surface area contributed by atoms with Crippen molar-refractivity contribution in [2.75, 3.05) is 13.1 Å². The molecule has 142 valence electrons. The van der Waals surface area contributed by atoms with Crippen LogP contribution in [-0.2, 0) is 23.3 Å². The first-order valence-corrected chi connectivity index (χ1v) is 10.8. The molecule has 2 aromatic carbocycles. The molecule has 0 bridgehead atoms. The van der Waals surface area contributed by atoms with Gasteiger partial charge in [0.25, 0.3) is 0 Å². The van der Waals surface area contributed by atoms with Gasteiger partial charge in [0, 0.05) is 17.6 Å². The number of benzene rings is 2. The maximum Gasteiger partial charge on any atom is 0.230 e. The molecule has 1 saturated heterocycles. The molecular weight excluding hydrogens is 400 g/mol. The molecule has 0 aromatic heterocycles. The normalized spacial score (nSPS) is 18.9. The Hall–Kier alpha value is -1.65. The summed E-state index contributed by atoms with van der Waals surface area (Å²) in [4.78, 5) is 15.5. The molecule has 1 N–H and O–H groups in total. The Morgan fingerprint density at radius 3 is 2.30 bits per heavy atom. The second-order valence-electron chi connectivity index (χ2n) is 7.88. The second-order valence-corrected chi connectivity index (χ2v) is 8.79. The third-order valence-corrected chi connectivity index (χ3v) is 6.51. The molecule has 1 aliphatic carbocycles. The van der Waals surface area contributed by atoms with Crippen molar-refractivity contribution in [1.82, 2.24) is 10.2 Å². The fourth-order valence-electron chi connectivity index (χ4n) is 4.13. The van der Waals surface area contributed by atoms with Gasteiger partial charge in [-0.05, 0) is 67.6 Å². The summed E-state index contributed by atoms with van der Waals surface area (Å²) in [5.41, 5.74) is 3.39. The number of rotatable bonds is 6. The van der Waals surface area contributed by atoms with Gasteiger partial charge in [0.05, 0.1) is 5.41 Å². The van der Waals surface area contributed by atoms with Crippen LogP contribution in [0.25, 0.3) is 0 Å². The van der Waals surface area contributed by atoms with Gasteiger partial charge < -0.3 is 5.32 Å². The predicted molar refractivity (Wildman–Crippen MR) is 112 cm³/mol. The summed E-state index contributed by atoms with van der Waals surface area (Å²) >= 11 is 3.48. The highest BCUT2D eigenvalue weighted by molar-refractivity contribution is 9.10. The molecule has 4 rings (SSSR count). The van der Waals surface area contributed by atoms with Crippen molar-refractivity contribution in [1.29, 1.82) is 0 Å². The lowest BCUT2D eigenvalue weighted by Gasteiger charge is -2.27. The molecule has 1 saturated carbocycles. The van der Waals surface area contributed by atoms with E-state index in [1.807, 2.05) is 12.1 Å². The lowest BCUT2D eigenvalue weighted by atomic mass is 9.95. The van der Waals surface area contributed by atoms with Gasteiger partial charge in [-0.1, -0.05) is 58.7 Å². The minimum atomic E-state index is -0.317. The monoisotopic (exact) mass is 426 g/mol. The van der Waals surface area contributed by atoms with E-state index in [1.54, 1.807) is 0 Å². The Balaban J connectivity index is 1.41. The van der Waals surface area contributed by atoms with Crippen LogP contribution >= 0.6 is 15.9 Å². The summed E-state index contributed by atoms with van der Waals surface area (Å²) in [5.74, 6) is 0.164. The summed E-state index contributed by atoms with van der Waals surface area (Å²) in [6.07, 6.45) is 5.83. The molecule has 2 fully saturated rings. The van der Waals surface area contributed by atoms with E-state index in [9.17, 15) is 4.79 Å². The number of hydrogen-bond acceptors (Lipinski definition) is 2. The Morgan fingerprint density at radius 2 is 1.63 bits per heavy atom. The van der Waals surface area contributed by atoms with E-state index in [4.69, 9.17) is 0 Å². The molecule has 27 heavy (non-hydrogen) atoms. The van der Waals surface area contributed by atoms with Crippen molar-refractivity contribution in [2.45, 2.75) is 50.6 Å². The maximum atomic E-state index is 13.0. The largest absolute Gasteiger partial charge is 0.351 e. The van der Waals surface area contributed by atoms with Crippen LogP contribution in [0, 0.1) is 0 Å². The van der Waals surface area contributed by atoms with E-state index in [2.05, 4.69) is 62.5 Å². The SMILES string of the molecule is O=C(NCc1ccccc1CN1CCCCC1)C1(c2ccc(Br)cc2)CC1. The molecule has 2 aromatic rings. The third kappa shape index (κ3) is 4.27. The number of halogens is 1. The van der Waals surface area contributed by atoms with Crippen molar-refractivity contribution in [3.8, 4) is 0 Å². The number of carbonyl (C=O) groups excluding carboxylic acids is 1. The van der Waals surface area contributed by atoms with E-state index in [1.165, 1.54) is 43.5 Å². The fourth-order valence-corrected chi connectivity index (χ4v) is 4.39. The lowest BCUT2D eigenvalue weighted by molar-refractivity contribution is -0.123. The minimum absolute atomic E-state index is 0.164. The van der Waals surface area contributed by atoms with Crippen LogP contribution in [0.4, 0.5) is 0 Å². The van der Waals surface area contributed by atoms with Gasteiger partial charge in [0.1, 0.15) is 0 Å². The average molecular weight is 427 g/mol. The number of piperidine rings is 1. The molecule has 4 heteroatoms. The number of nitrogens with zero attached hydrogens (tertiary/aromatic N) is 1. The van der Waals surface area contributed by atoms with Gasteiger partial charge in [-0.15, -0.1) is 0 Å². The highest BCUT2D eigenvalue weighted by Gasteiger charge is 2.51. The Morgan fingerprint density at radius 1 is 0.963 bits per heavy atom. The van der Waals surface area contributed by atoms with Crippen molar-refractivity contribution < 1.29 is 4.79 Å². The minimum Gasteiger partial charge on any atom is -0.351 e. The van der Waals surface area contributed by atoms with Crippen molar-refractivity contribution in [3.63, 3.8) is 0 Å². The lowest BCUT2D eigenvalue weighted by Crippen LogP contribution is -2.35. The van der Waals surface area contributed by atoms with Crippen molar-refractivity contribution >= 4 is 21.8 Å². The second kappa shape index (κ2) is 8.15. The van der Waals surface area contributed by atoms with Gasteiger partial charge in [-0.2, -0.15) is 0 Å². The highest BCUT2D eigenvalue weighted by atomic mass is 79.9. The molecule has 1 heterocycles. The van der Waals surface area contributed by atoms with Gasteiger partial charge in [-0.3, -0.25) is 9.69 Å². The van der Waals surface area contributed by atoms with Crippen LogP contribution in [-0.4, -0.2) is 23.9 Å². The summed E-state index contributed by atoms with van der Waals surface area (Å²) in [6.45, 7) is 3.98. The topological polar surface area (TPSA) is 32.3 Å². The van der Waals surface area contributed by atoms with E-state index in [0.29, 0.717) is 6.54 Å². The van der Waals surface area contributed by atoms with E-state index in [0.717, 1.165) is 29.4 Å². The molecule has 0 radical (unpaired) electrons. The Labute approximate surface area is 170 Å². The molecule has 2 aliphatic rings. The average Bonchev–Trinajstić information content (AvgIpc) is 3.50. The number of amides is 1. The smallest absolute Gasteiger partial charge is 0.230 e. The quantitative estimate of drug-likeness (QED) is 0.720. The van der Waals surface area contributed by atoms with Crippen molar-refractivity contribution in [3.05, 3.63) is 69.7 Å². The summed E-state index contributed by atoms with van der Waals surface area (Å²) in [5, 5.41) is 3.22. The van der Waals surface area contributed by atoms with Gasteiger partial charge in [0.2, 0.25) is 5.91 Å². The molecule has 1 aliphatic heterocycles. The standard InChI is InChI=1S/C23H27BrN2O/c24-21-10-8-20(9-11-21)23(12-13-23)22(27)25-16-18-6-2-3-7-19(18)17-26-14-4-1-5-15-26/h2-3,6-11H,1,4-5,12-17H2,(H,25,27). The van der Waals surface area contributed by atoms with E-state index >= 15 is 0 Å². The van der Waals surface area contributed by atoms with Gasteiger partial charge in [0.15, 0.2) is 0 Å². The predicted octanol–water partition coefficient (Wildman–Crippen LogP) is 4.78. The van der Waals surface area contributed by atoms with Crippen LogP contribution in [0.5, 0.6) is 0 Å². The Kier molecular flexibility index (Phi) is 5.65. The molecule has 1 amide bonds. The first-order valence-electron chi connectivity index (χ1n) is 10.0. The molecule has 0 atom stereocenters. The first-order chi connectivity index (χ1) is 13.2.